The largest absolute Gasteiger partial charge is 0.455 e. The summed E-state index contributed by atoms with van der Waals surface area (Å²) in [5.41, 5.74) is 5.42. The van der Waals surface area contributed by atoms with Crippen molar-refractivity contribution in [2.75, 3.05) is 31.8 Å². The molecular formula is C40H35FN6O5S. The first-order valence-electron chi connectivity index (χ1n) is 17.2. The van der Waals surface area contributed by atoms with E-state index in [9.17, 15) is 22.9 Å². The van der Waals surface area contributed by atoms with Crippen LogP contribution in [0.1, 0.15) is 41.0 Å². The highest BCUT2D eigenvalue weighted by Gasteiger charge is 2.29. The molecule has 0 bridgehead atoms. The fourth-order valence-corrected chi connectivity index (χ4v) is 8.11. The Morgan fingerprint density at radius 1 is 1.08 bits per heavy atom. The summed E-state index contributed by atoms with van der Waals surface area (Å²) in [6.45, 7) is 0. The number of nitrogens with one attached hydrogen (secondary N) is 1. The van der Waals surface area contributed by atoms with Gasteiger partial charge in [-0.05, 0) is 85.8 Å². The summed E-state index contributed by atoms with van der Waals surface area (Å²) in [4.78, 5) is 23.7. The number of furan rings is 1. The molecule has 7 aromatic rings. The number of benzene rings is 3. The summed E-state index contributed by atoms with van der Waals surface area (Å²) in [6, 6.07) is 22.4. The Hall–Kier alpha value is -5.84. The Kier molecular flexibility index (Phi) is 8.39. The molecule has 4 heterocycles. The zero-order valence-electron chi connectivity index (χ0n) is 29.5. The number of hydrogen-bond acceptors (Lipinski definition) is 8. The minimum Gasteiger partial charge on any atom is -0.455 e. The van der Waals surface area contributed by atoms with Gasteiger partial charge in [0.05, 0.1) is 57.5 Å². The summed E-state index contributed by atoms with van der Waals surface area (Å²) in [6.07, 6.45) is 4.98. The number of carbonyl (C=O) groups is 1. The molecule has 268 valence electrons. The molecule has 8 rings (SSSR count). The van der Waals surface area contributed by atoms with E-state index < -0.39 is 21.7 Å². The number of nitriles is 1. The number of pyridine rings is 1. The van der Waals surface area contributed by atoms with E-state index in [2.05, 4.69) is 15.8 Å². The van der Waals surface area contributed by atoms with Gasteiger partial charge in [0.2, 0.25) is 10.0 Å². The van der Waals surface area contributed by atoms with Crippen molar-refractivity contribution in [3.63, 3.8) is 0 Å². The molecule has 1 amide bonds. The van der Waals surface area contributed by atoms with Crippen molar-refractivity contribution in [2.24, 2.45) is 5.92 Å². The maximum Gasteiger partial charge on any atom is 0.255 e. The van der Waals surface area contributed by atoms with Crippen LogP contribution in [0.5, 0.6) is 0 Å². The van der Waals surface area contributed by atoms with Crippen molar-refractivity contribution in [3.8, 4) is 28.7 Å². The van der Waals surface area contributed by atoms with E-state index in [0.717, 1.165) is 52.1 Å². The van der Waals surface area contributed by atoms with Crippen molar-refractivity contribution >= 4 is 60.0 Å². The smallest absolute Gasteiger partial charge is 0.255 e. The Balaban J connectivity index is 1.39. The van der Waals surface area contributed by atoms with Crippen molar-refractivity contribution in [2.45, 2.75) is 31.8 Å². The summed E-state index contributed by atoms with van der Waals surface area (Å²) in [5.74, 6) is 0.565. The summed E-state index contributed by atoms with van der Waals surface area (Å²) >= 11 is 0. The molecule has 2 atom stereocenters. The predicted octanol–water partition coefficient (Wildman–Crippen LogP) is 7.24. The summed E-state index contributed by atoms with van der Waals surface area (Å²) in [7, 11) is 0.917. The van der Waals surface area contributed by atoms with E-state index in [1.165, 1.54) is 38.4 Å². The minimum atomic E-state index is -3.77. The highest BCUT2D eigenvalue weighted by molar-refractivity contribution is 7.92. The van der Waals surface area contributed by atoms with Crippen LogP contribution in [0, 0.1) is 23.1 Å². The van der Waals surface area contributed by atoms with E-state index in [4.69, 9.17) is 19.1 Å². The zero-order valence-corrected chi connectivity index (χ0v) is 30.3. The molecule has 0 spiro atoms. The third kappa shape index (κ3) is 5.84. The fraction of sp³-hybridized carbons (Fsp3) is 0.250. The van der Waals surface area contributed by atoms with Gasteiger partial charge in [0.15, 0.2) is 0 Å². The molecule has 1 saturated carbocycles. The number of nitrogens with zero attached hydrogens (tertiary/aromatic N) is 5. The lowest BCUT2D eigenvalue weighted by molar-refractivity contribution is 0.0964. The van der Waals surface area contributed by atoms with Crippen LogP contribution < -0.4 is 9.62 Å². The van der Waals surface area contributed by atoms with E-state index >= 15 is 0 Å². The Morgan fingerprint density at radius 2 is 1.87 bits per heavy atom. The first-order valence-corrected chi connectivity index (χ1v) is 19.0. The quantitative estimate of drug-likeness (QED) is 0.173. The highest BCUT2D eigenvalue weighted by atomic mass is 32.2. The van der Waals surface area contributed by atoms with Crippen molar-refractivity contribution < 1.29 is 26.8 Å². The highest BCUT2D eigenvalue weighted by Crippen LogP contribution is 2.42. The Bertz CT molecular complexity index is 2770. The van der Waals surface area contributed by atoms with Gasteiger partial charge in [-0.1, -0.05) is 6.07 Å². The molecule has 11 nitrogen and oxygen atoms in total. The lowest BCUT2D eigenvalue weighted by Crippen LogP contribution is -2.25. The minimum absolute atomic E-state index is 0.210. The van der Waals surface area contributed by atoms with E-state index in [0.29, 0.717) is 51.1 Å². The molecule has 0 saturated heterocycles. The van der Waals surface area contributed by atoms with Gasteiger partial charge in [0.1, 0.15) is 28.5 Å². The number of halogens is 1. The second kappa shape index (κ2) is 13.0. The molecule has 1 unspecified atom stereocenters. The Morgan fingerprint density at radius 3 is 2.57 bits per heavy atom. The molecule has 1 N–H and O–H groups in total. The molecule has 4 aromatic heterocycles. The third-order valence-corrected chi connectivity index (χ3v) is 11.6. The van der Waals surface area contributed by atoms with Crippen LogP contribution in [0.15, 0.2) is 77.2 Å². The third-order valence-electron chi connectivity index (χ3n) is 10.4. The van der Waals surface area contributed by atoms with E-state index in [-0.39, 0.29) is 28.7 Å². The molecule has 1 aliphatic rings. The van der Waals surface area contributed by atoms with Gasteiger partial charge in [-0.3, -0.25) is 13.5 Å². The van der Waals surface area contributed by atoms with Crippen molar-refractivity contribution in [3.05, 3.63) is 95.6 Å². The van der Waals surface area contributed by atoms with E-state index in [1.807, 2.05) is 24.3 Å². The topological polar surface area (TPSA) is 143 Å². The average Bonchev–Trinajstić information content (AvgIpc) is 3.89. The van der Waals surface area contributed by atoms with Crippen LogP contribution in [0.25, 0.3) is 61.0 Å². The Labute approximate surface area is 304 Å². The van der Waals surface area contributed by atoms with Crippen LogP contribution in [0.2, 0.25) is 0 Å². The van der Waals surface area contributed by atoms with Crippen LogP contribution in [0.3, 0.4) is 0 Å². The van der Waals surface area contributed by atoms with Crippen LogP contribution >= 0.6 is 0 Å². The number of methoxy groups -OCH3 is 1. The summed E-state index contributed by atoms with van der Waals surface area (Å²) in [5, 5.41) is 13.9. The maximum absolute atomic E-state index is 13.9. The molecule has 53 heavy (non-hydrogen) atoms. The number of anilines is 1. The fourth-order valence-electron chi connectivity index (χ4n) is 7.61. The number of amides is 1. The number of carbonyl (C=O) groups excluding carboxylic acids is 1. The molecule has 1 aliphatic carbocycles. The monoisotopic (exact) mass is 730 g/mol. The van der Waals surface area contributed by atoms with Gasteiger partial charge in [-0.2, -0.15) is 5.26 Å². The van der Waals surface area contributed by atoms with Gasteiger partial charge >= 0.3 is 0 Å². The molecular weight excluding hydrogens is 696 g/mol. The second-order valence-corrected chi connectivity index (χ2v) is 15.6. The zero-order chi connectivity index (χ0) is 37.2. The molecule has 1 fully saturated rings. The lowest BCUT2D eigenvalue weighted by Gasteiger charge is -2.20. The number of sulfonamides is 1. The van der Waals surface area contributed by atoms with Crippen LogP contribution in [-0.4, -0.2) is 62.3 Å². The van der Waals surface area contributed by atoms with Gasteiger partial charge < -0.3 is 14.5 Å². The first kappa shape index (κ1) is 34.3. The van der Waals surface area contributed by atoms with Crippen molar-refractivity contribution in [1.29, 1.82) is 5.26 Å². The number of aromatic nitrogens is 3. The predicted molar refractivity (Wildman–Crippen MR) is 202 cm³/mol. The molecule has 13 heteroatoms. The number of ether oxygens (including phenoxy) is 1. The molecule has 3 aromatic carbocycles. The lowest BCUT2D eigenvalue weighted by atomic mass is 10.0. The van der Waals surface area contributed by atoms with Gasteiger partial charge in [0.25, 0.3) is 5.91 Å². The number of fused-ring (bicyclic) bond motifs is 6. The normalized spacial score (nSPS) is 16.2. The van der Waals surface area contributed by atoms with Gasteiger partial charge in [-0.25, -0.2) is 22.8 Å². The standard InChI is InChI=1S/C40H35FN6O5S/c1-43-40(48)37-29-18-28(33(46(2)53(4,49)50)20-35(29)52-39(37)23-9-11-25(41)12-10-23)30-14-15-31-38(45-30)34-19-27-24(21-42)6-5-7-32(27)47(34)36(44-31)17-22-8-13-26(16-22)51-3/h5-7,9-12,14-15,18-20,22,26H,8,13,16-17H2,1-4H3,(H,43,48)/t22?,26-/m0/s1. The molecule has 0 aliphatic heterocycles. The number of rotatable bonds is 8. The number of hydrogen-bond donors (Lipinski definition) is 1. The van der Waals surface area contributed by atoms with Crippen LogP contribution in [-0.2, 0) is 21.2 Å². The van der Waals surface area contributed by atoms with Gasteiger partial charge in [0, 0.05) is 55.6 Å². The van der Waals surface area contributed by atoms with Crippen LogP contribution in [0.4, 0.5) is 10.1 Å². The summed E-state index contributed by atoms with van der Waals surface area (Å²) < 4.78 is 55.0. The first-order chi connectivity index (χ1) is 25.5. The van der Waals surface area contributed by atoms with Crippen molar-refractivity contribution in [1.82, 2.24) is 19.7 Å². The SMILES string of the molecule is CNC(=O)c1c(-c2ccc(F)cc2)oc2cc(N(C)S(C)(=O)=O)c(-c3ccc4nc(CC5CC[C@H](OC)C5)n5c6cccc(C#N)c6cc5c4n3)cc12. The second-order valence-electron chi connectivity index (χ2n) is 13.5. The average molecular weight is 731 g/mol. The van der Waals surface area contributed by atoms with Gasteiger partial charge in [-0.15, -0.1) is 0 Å². The maximum atomic E-state index is 13.9. The van der Waals surface area contributed by atoms with E-state index in [1.54, 1.807) is 31.4 Å². The molecule has 0 radical (unpaired) electrons.